The highest BCUT2D eigenvalue weighted by Gasteiger charge is 2.55. The second-order valence-corrected chi connectivity index (χ2v) is 16.9. The summed E-state index contributed by atoms with van der Waals surface area (Å²) >= 11 is 0. The van der Waals surface area contributed by atoms with Crippen LogP contribution in [0.25, 0.3) is 33.4 Å². The van der Waals surface area contributed by atoms with E-state index in [1.54, 1.807) is 0 Å². The molecule has 0 radical (unpaired) electrons. The average molecular weight is 802 g/mol. The van der Waals surface area contributed by atoms with Crippen LogP contribution in [-0.2, 0) is 16.2 Å². The Kier molecular flexibility index (Phi) is 7.65. The molecule has 0 unspecified atom stereocenters. The van der Waals surface area contributed by atoms with E-state index in [9.17, 15) is 0 Å². The van der Waals surface area contributed by atoms with Crippen molar-refractivity contribution < 1.29 is 0 Å². The van der Waals surface area contributed by atoms with Crippen LogP contribution in [0.1, 0.15) is 67.5 Å². The quantitative estimate of drug-likeness (QED) is 0.168. The fraction of sp³-hybridized carbons (Fsp3) is 0.0500. The van der Waals surface area contributed by atoms with Crippen LogP contribution in [0, 0.1) is 0 Å². The molecule has 9 aromatic carbocycles. The minimum absolute atomic E-state index is 0.695. The number of aromatic nitrogens is 3. The minimum atomic E-state index is -0.897. The topological polar surface area (TPSA) is 38.7 Å². The van der Waals surface area contributed by atoms with Crippen molar-refractivity contribution in [3.63, 3.8) is 0 Å². The van der Waals surface area contributed by atoms with E-state index in [0.29, 0.717) is 17.5 Å². The summed E-state index contributed by atoms with van der Waals surface area (Å²) in [6, 6.07) is 85.8. The van der Waals surface area contributed by atoms with Gasteiger partial charge in [-0.05, 0) is 83.5 Å². The average Bonchev–Trinajstić information content (AvgIpc) is 3.96. The van der Waals surface area contributed by atoms with Crippen molar-refractivity contribution >= 4 is 0 Å². The maximum atomic E-state index is 6.08. The largest absolute Gasteiger partial charge is 0.215 e. The van der Waals surface area contributed by atoms with Gasteiger partial charge in [-0.25, -0.2) is 15.0 Å². The van der Waals surface area contributed by atoms with E-state index in [0.717, 1.165) is 50.1 Å². The lowest BCUT2D eigenvalue weighted by molar-refractivity contribution is 0.581. The Balaban J connectivity index is 1.27. The van der Waals surface area contributed by atoms with Gasteiger partial charge in [-0.2, -0.15) is 0 Å². The van der Waals surface area contributed by atoms with Crippen LogP contribution in [0.3, 0.4) is 0 Å². The van der Waals surface area contributed by atoms with Gasteiger partial charge in [0.15, 0.2) is 17.5 Å². The Bertz CT molecular complexity index is 2900. The molecule has 0 fully saturated rings. The number of nitrogens with zero attached hydrogens (tertiary/aromatic N) is 3. The van der Waals surface area contributed by atoms with E-state index in [-0.39, 0.29) is 0 Å². The summed E-state index contributed by atoms with van der Waals surface area (Å²) in [4.78, 5) is 18.2. The lowest BCUT2D eigenvalue weighted by Crippen LogP contribution is -2.40. The monoisotopic (exact) mass is 801 g/mol. The zero-order valence-corrected chi connectivity index (χ0v) is 34.4. The lowest BCUT2D eigenvalue weighted by Gasteiger charge is -2.38. The Hall–Kier alpha value is -8.01. The zero-order chi connectivity index (χ0) is 41.6. The third-order valence-corrected chi connectivity index (χ3v) is 14.1. The molecule has 0 N–H and O–H groups in total. The molecule has 0 spiro atoms. The second kappa shape index (κ2) is 13.5. The third kappa shape index (κ3) is 4.61. The highest BCUT2D eigenvalue weighted by Crippen LogP contribution is 2.60. The summed E-state index contributed by atoms with van der Waals surface area (Å²) in [6.07, 6.45) is 0. The van der Waals surface area contributed by atoms with Gasteiger partial charge in [0.25, 0.3) is 0 Å². The Labute approximate surface area is 367 Å². The van der Waals surface area contributed by atoms with Gasteiger partial charge in [0.05, 0.1) is 0 Å². The molecule has 3 aliphatic carbocycles. The molecule has 294 valence electrons. The predicted octanol–water partition coefficient (Wildman–Crippen LogP) is 13.0. The molecule has 10 aromatic rings. The Morgan fingerprint density at radius 3 is 0.571 bits per heavy atom. The predicted molar refractivity (Wildman–Crippen MR) is 252 cm³/mol. The van der Waals surface area contributed by atoms with Gasteiger partial charge in [-0.1, -0.05) is 237 Å². The van der Waals surface area contributed by atoms with E-state index in [2.05, 4.69) is 237 Å². The molecule has 0 amide bonds. The molecule has 0 saturated heterocycles. The number of rotatable bonds is 6. The summed E-state index contributed by atoms with van der Waals surface area (Å²) in [5, 5.41) is 0. The van der Waals surface area contributed by atoms with Crippen LogP contribution in [0.2, 0.25) is 0 Å². The van der Waals surface area contributed by atoms with Crippen LogP contribution in [-0.4, -0.2) is 15.0 Å². The van der Waals surface area contributed by atoms with Crippen LogP contribution < -0.4 is 0 Å². The smallest absolute Gasteiger partial charge is 0.152 e. The van der Waals surface area contributed by atoms with Crippen molar-refractivity contribution in [2.75, 3.05) is 0 Å². The van der Waals surface area contributed by atoms with Crippen molar-refractivity contribution in [2.45, 2.75) is 16.2 Å². The molecular formula is C60H39N3. The van der Waals surface area contributed by atoms with E-state index >= 15 is 0 Å². The van der Waals surface area contributed by atoms with Gasteiger partial charge >= 0.3 is 0 Å². The van der Waals surface area contributed by atoms with Crippen LogP contribution in [0.4, 0.5) is 0 Å². The molecule has 13 rings (SSSR count). The van der Waals surface area contributed by atoms with Gasteiger partial charge in [-0.15, -0.1) is 0 Å². The maximum absolute atomic E-state index is 6.08. The standard InChI is InChI=1S/C60H39N3/c1-4-22-40(23-5-1)58(49-34-16-10-28-43(49)44-29-11-17-35-50(44)58)55-61-56(59(41-24-6-2-7-25-41)51-36-18-12-30-45(51)46-31-13-19-37-52(46)59)63-57(62-55)60(42-26-8-3-9-27-42)53-38-20-14-32-47(53)48-33-15-21-39-54(48)60/h1-39H. The fourth-order valence-corrected chi connectivity index (χ4v) is 11.7. The van der Waals surface area contributed by atoms with Crippen LogP contribution in [0.15, 0.2) is 237 Å². The summed E-state index contributed by atoms with van der Waals surface area (Å²) in [5.74, 6) is 2.08. The molecule has 1 heterocycles. The second-order valence-electron chi connectivity index (χ2n) is 16.9. The van der Waals surface area contributed by atoms with Crippen LogP contribution in [0.5, 0.6) is 0 Å². The Morgan fingerprint density at radius 2 is 0.365 bits per heavy atom. The van der Waals surface area contributed by atoms with E-state index < -0.39 is 16.2 Å². The molecule has 0 aliphatic heterocycles. The van der Waals surface area contributed by atoms with Gasteiger partial charge in [0.1, 0.15) is 16.2 Å². The van der Waals surface area contributed by atoms with Crippen molar-refractivity contribution in [2.24, 2.45) is 0 Å². The molecule has 0 bridgehead atoms. The first-order valence-electron chi connectivity index (χ1n) is 21.8. The van der Waals surface area contributed by atoms with Crippen molar-refractivity contribution in [3.05, 3.63) is 304 Å². The minimum Gasteiger partial charge on any atom is -0.215 e. The first-order chi connectivity index (χ1) is 31.3. The van der Waals surface area contributed by atoms with Gasteiger partial charge in [0, 0.05) is 0 Å². The molecule has 3 aliphatic rings. The molecule has 0 atom stereocenters. The van der Waals surface area contributed by atoms with Crippen molar-refractivity contribution in [3.8, 4) is 33.4 Å². The van der Waals surface area contributed by atoms with Gasteiger partial charge in [-0.3, -0.25) is 0 Å². The summed E-state index contributed by atoms with van der Waals surface area (Å²) < 4.78 is 0. The first-order valence-corrected chi connectivity index (χ1v) is 21.8. The molecular weight excluding hydrogens is 763 g/mol. The Morgan fingerprint density at radius 1 is 0.190 bits per heavy atom. The fourth-order valence-electron chi connectivity index (χ4n) is 11.7. The van der Waals surface area contributed by atoms with E-state index in [1.165, 1.54) is 33.4 Å². The summed E-state index contributed by atoms with van der Waals surface area (Å²) in [7, 11) is 0. The summed E-state index contributed by atoms with van der Waals surface area (Å²) in [5.41, 5.74) is 14.7. The maximum Gasteiger partial charge on any atom is 0.152 e. The molecule has 3 nitrogen and oxygen atoms in total. The number of hydrogen-bond acceptors (Lipinski definition) is 3. The van der Waals surface area contributed by atoms with Crippen molar-refractivity contribution in [1.29, 1.82) is 0 Å². The summed E-state index contributed by atoms with van der Waals surface area (Å²) in [6.45, 7) is 0. The number of fused-ring (bicyclic) bond motifs is 9. The van der Waals surface area contributed by atoms with Gasteiger partial charge in [0.2, 0.25) is 0 Å². The number of benzene rings is 9. The molecule has 63 heavy (non-hydrogen) atoms. The highest BCUT2D eigenvalue weighted by molar-refractivity contribution is 5.89. The van der Waals surface area contributed by atoms with E-state index in [1.807, 2.05) is 0 Å². The number of hydrogen-bond donors (Lipinski definition) is 0. The third-order valence-electron chi connectivity index (χ3n) is 14.1. The SMILES string of the molecule is c1ccc(C2(c3nc(C4(c5ccccc5)c5ccccc5-c5ccccc54)nc(C4(c5ccccc5)c5ccccc5-c5ccccc54)n3)c3ccccc3-c3ccccc32)cc1. The molecule has 0 saturated carbocycles. The van der Waals surface area contributed by atoms with E-state index in [4.69, 9.17) is 15.0 Å². The van der Waals surface area contributed by atoms with Crippen molar-refractivity contribution in [1.82, 2.24) is 15.0 Å². The molecule has 3 heteroatoms. The van der Waals surface area contributed by atoms with Gasteiger partial charge < -0.3 is 0 Å². The first kappa shape index (κ1) is 35.7. The van der Waals surface area contributed by atoms with Crippen LogP contribution >= 0.6 is 0 Å². The highest BCUT2D eigenvalue weighted by atomic mass is 15.1. The zero-order valence-electron chi connectivity index (χ0n) is 34.4. The lowest BCUT2D eigenvalue weighted by atomic mass is 9.68. The normalized spacial score (nSPS) is 15.0. The molecule has 1 aromatic heterocycles.